The SMILES string of the molecule is C[C@H](C(=O)N1C(=O)OC[C@@]23O[C@H]4COC(C)(C)O[C@H]4[C@@]12OC(C)(C)O3)[C@H](O)c1ccccc1. The van der Waals surface area contributed by atoms with Gasteiger partial charge in [-0.1, -0.05) is 37.3 Å². The fraction of sp³-hybridized carbons (Fsp3) is 0.652. The van der Waals surface area contributed by atoms with Crippen LogP contribution in [-0.4, -0.2) is 70.5 Å². The van der Waals surface area contributed by atoms with Crippen LogP contribution in [0.4, 0.5) is 4.79 Å². The summed E-state index contributed by atoms with van der Waals surface area (Å²) in [4.78, 5) is 27.9. The molecule has 2 amide bonds. The van der Waals surface area contributed by atoms with E-state index < -0.39 is 59.3 Å². The molecule has 0 radical (unpaired) electrons. The Balaban J connectivity index is 1.59. The molecule has 4 fully saturated rings. The molecule has 10 nitrogen and oxygen atoms in total. The summed E-state index contributed by atoms with van der Waals surface area (Å²) in [6.45, 7) is 8.20. The van der Waals surface area contributed by atoms with Gasteiger partial charge in [0.15, 0.2) is 18.2 Å². The van der Waals surface area contributed by atoms with E-state index in [9.17, 15) is 14.7 Å². The van der Waals surface area contributed by atoms with Crippen molar-refractivity contribution in [2.45, 2.75) is 76.0 Å². The Morgan fingerprint density at radius 3 is 2.48 bits per heavy atom. The molecule has 33 heavy (non-hydrogen) atoms. The van der Waals surface area contributed by atoms with Crippen LogP contribution in [0.3, 0.4) is 0 Å². The van der Waals surface area contributed by atoms with Crippen molar-refractivity contribution in [3.63, 3.8) is 0 Å². The molecule has 0 aliphatic carbocycles. The molecule has 4 heterocycles. The highest BCUT2D eigenvalue weighted by Gasteiger charge is 2.83. The Labute approximate surface area is 191 Å². The van der Waals surface area contributed by atoms with Crippen LogP contribution in [0, 0.1) is 5.92 Å². The first-order chi connectivity index (χ1) is 15.4. The van der Waals surface area contributed by atoms with E-state index in [1.54, 1.807) is 58.9 Å². The fourth-order valence-corrected chi connectivity index (χ4v) is 5.18. The molecule has 0 saturated carbocycles. The lowest BCUT2D eigenvalue weighted by Crippen LogP contribution is -2.75. The Morgan fingerprint density at radius 2 is 1.79 bits per heavy atom. The molecule has 0 unspecified atom stereocenters. The van der Waals surface area contributed by atoms with Crippen molar-refractivity contribution < 1.29 is 43.1 Å². The molecule has 4 aliphatic heterocycles. The van der Waals surface area contributed by atoms with Crippen molar-refractivity contribution >= 4 is 12.0 Å². The highest BCUT2D eigenvalue weighted by Crippen LogP contribution is 2.59. The second-order valence-electron chi connectivity index (χ2n) is 9.83. The van der Waals surface area contributed by atoms with E-state index in [4.69, 9.17) is 28.4 Å². The summed E-state index contributed by atoms with van der Waals surface area (Å²) in [5.74, 6) is -5.55. The van der Waals surface area contributed by atoms with E-state index in [0.717, 1.165) is 4.90 Å². The second-order valence-corrected chi connectivity index (χ2v) is 9.83. The van der Waals surface area contributed by atoms with Crippen molar-refractivity contribution in [3.05, 3.63) is 35.9 Å². The van der Waals surface area contributed by atoms with E-state index in [1.807, 2.05) is 6.07 Å². The largest absolute Gasteiger partial charge is 0.443 e. The van der Waals surface area contributed by atoms with Gasteiger partial charge in [0, 0.05) is 0 Å². The van der Waals surface area contributed by atoms with Gasteiger partial charge in [0.25, 0.3) is 5.79 Å². The third kappa shape index (κ3) is 3.23. The lowest BCUT2D eigenvalue weighted by Gasteiger charge is -2.49. The predicted octanol–water partition coefficient (Wildman–Crippen LogP) is 2.06. The number of ether oxygens (including phenoxy) is 6. The van der Waals surface area contributed by atoms with Gasteiger partial charge in [-0.2, -0.15) is 0 Å². The number of hydrogen-bond acceptors (Lipinski definition) is 9. The highest BCUT2D eigenvalue weighted by molar-refractivity contribution is 5.95. The number of carbonyl (C=O) groups is 2. The van der Waals surface area contributed by atoms with Crippen LogP contribution < -0.4 is 0 Å². The normalized spacial score (nSPS) is 38.0. The van der Waals surface area contributed by atoms with Crippen LogP contribution in [0.25, 0.3) is 0 Å². The Bertz CT molecular complexity index is 966. The molecule has 10 heteroatoms. The number of hydrogen-bond donors (Lipinski definition) is 1. The van der Waals surface area contributed by atoms with E-state index >= 15 is 0 Å². The van der Waals surface area contributed by atoms with Gasteiger partial charge < -0.3 is 33.5 Å². The third-order valence-electron chi connectivity index (χ3n) is 6.55. The zero-order valence-electron chi connectivity index (χ0n) is 19.3. The van der Waals surface area contributed by atoms with E-state index in [1.165, 1.54) is 0 Å². The van der Waals surface area contributed by atoms with E-state index in [2.05, 4.69) is 0 Å². The van der Waals surface area contributed by atoms with Crippen LogP contribution in [0.2, 0.25) is 0 Å². The molecular weight excluding hydrogens is 434 g/mol. The number of aliphatic hydroxyl groups excluding tert-OH is 1. The third-order valence-corrected chi connectivity index (χ3v) is 6.55. The summed E-state index contributed by atoms with van der Waals surface area (Å²) in [6.07, 6.45) is -3.66. The van der Waals surface area contributed by atoms with Crippen LogP contribution in [-0.2, 0) is 33.2 Å². The lowest BCUT2D eigenvalue weighted by molar-refractivity contribution is -0.337. The lowest BCUT2D eigenvalue weighted by atomic mass is 9.90. The van der Waals surface area contributed by atoms with Crippen LogP contribution in [0.15, 0.2) is 30.3 Å². The Morgan fingerprint density at radius 1 is 1.09 bits per heavy atom. The van der Waals surface area contributed by atoms with Gasteiger partial charge in [0.2, 0.25) is 11.6 Å². The van der Waals surface area contributed by atoms with Gasteiger partial charge in [-0.15, -0.1) is 0 Å². The summed E-state index contributed by atoms with van der Waals surface area (Å²) in [7, 11) is 0. The summed E-state index contributed by atoms with van der Waals surface area (Å²) in [5.41, 5.74) is -1.22. The quantitative estimate of drug-likeness (QED) is 0.720. The molecule has 0 aromatic heterocycles. The summed E-state index contributed by atoms with van der Waals surface area (Å²) >= 11 is 0. The molecule has 1 aromatic carbocycles. The van der Waals surface area contributed by atoms with E-state index in [-0.39, 0.29) is 13.2 Å². The first-order valence-electron chi connectivity index (χ1n) is 11.1. The molecule has 5 rings (SSSR count). The smallest absolute Gasteiger partial charge is 0.419 e. The van der Waals surface area contributed by atoms with Crippen molar-refractivity contribution in [1.82, 2.24) is 4.90 Å². The minimum absolute atomic E-state index is 0.146. The molecule has 6 atom stereocenters. The average Bonchev–Trinajstić information content (AvgIpc) is 3.15. The van der Waals surface area contributed by atoms with Crippen molar-refractivity contribution in [1.29, 1.82) is 0 Å². The highest BCUT2D eigenvalue weighted by atomic mass is 16.9. The summed E-state index contributed by atoms with van der Waals surface area (Å²) in [5, 5.41) is 10.9. The first kappa shape index (κ1) is 22.7. The monoisotopic (exact) mass is 463 g/mol. The van der Waals surface area contributed by atoms with Gasteiger partial charge in [-0.05, 0) is 33.3 Å². The number of benzene rings is 1. The molecular formula is C23H29NO9. The minimum atomic E-state index is -1.76. The van der Waals surface area contributed by atoms with Gasteiger partial charge in [0.05, 0.1) is 18.6 Å². The number of carbonyl (C=O) groups excluding carboxylic acids is 2. The van der Waals surface area contributed by atoms with Crippen LogP contribution in [0.5, 0.6) is 0 Å². The first-order valence-corrected chi connectivity index (χ1v) is 11.1. The Kier molecular flexibility index (Phi) is 4.96. The molecule has 4 aliphatic rings. The molecule has 0 spiro atoms. The topological polar surface area (TPSA) is 113 Å². The molecule has 1 N–H and O–H groups in total. The van der Waals surface area contributed by atoms with E-state index in [0.29, 0.717) is 5.56 Å². The Hall–Kier alpha value is -2.08. The van der Waals surface area contributed by atoms with Crippen LogP contribution >= 0.6 is 0 Å². The number of imide groups is 1. The molecule has 1 aromatic rings. The average molecular weight is 463 g/mol. The fourth-order valence-electron chi connectivity index (χ4n) is 5.18. The number of fused-ring (bicyclic) bond motifs is 1. The van der Waals surface area contributed by atoms with Crippen molar-refractivity contribution in [2.24, 2.45) is 5.92 Å². The molecule has 180 valence electrons. The maximum Gasteiger partial charge on any atom is 0.419 e. The van der Waals surface area contributed by atoms with Gasteiger partial charge in [-0.25, -0.2) is 9.69 Å². The summed E-state index contributed by atoms with van der Waals surface area (Å²) in [6, 6.07) is 8.76. The zero-order chi connectivity index (χ0) is 23.8. The standard InChI is InChI=1S/C23H29NO9/c1-13(16(25)14-9-7-6-8-10-14)18(26)24-19(27)28-12-22-23(24,33-21(4,5)32-22)17-15(30-22)11-29-20(2,3)31-17/h6-10,13,15-17,25H,11-12H2,1-5H3/t13-,15-,16-,17+,22-,23-/m0/s1. The second kappa shape index (κ2) is 7.21. The minimum Gasteiger partial charge on any atom is -0.443 e. The summed E-state index contributed by atoms with van der Waals surface area (Å²) < 4.78 is 36.0. The molecule has 4 saturated heterocycles. The number of amides is 2. The number of nitrogens with zero attached hydrogens (tertiary/aromatic N) is 1. The number of cyclic esters (lactones) is 1. The predicted molar refractivity (Wildman–Crippen MR) is 110 cm³/mol. The van der Waals surface area contributed by atoms with Crippen molar-refractivity contribution in [3.8, 4) is 0 Å². The maximum absolute atomic E-state index is 13.8. The zero-order valence-corrected chi connectivity index (χ0v) is 19.3. The maximum atomic E-state index is 13.8. The number of aliphatic hydroxyl groups is 1. The number of rotatable bonds is 3. The van der Waals surface area contributed by atoms with Gasteiger partial charge in [0.1, 0.15) is 12.2 Å². The van der Waals surface area contributed by atoms with Crippen LogP contribution in [0.1, 0.15) is 46.3 Å². The molecule has 0 bridgehead atoms. The van der Waals surface area contributed by atoms with Gasteiger partial charge in [-0.3, -0.25) is 4.79 Å². The van der Waals surface area contributed by atoms with Gasteiger partial charge >= 0.3 is 6.09 Å². The van der Waals surface area contributed by atoms with Crippen molar-refractivity contribution in [2.75, 3.05) is 13.2 Å².